The summed E-state index contributed by atoms with van der Waals surface area (Å²) in [5.41, 5.74) is 2.02. The van der Waals surface area contributed by atoms with Crippen LogP contribution in [0.1, 0.15) is 30.9 Å². The lowest BCUT2D eigenvalue weighted by Crippen LogP contribution is -2.14. The number of carbonyl (C=O) groups excluding carboxylic acids is 1. The Labute approximate surface area is 178 Å². The fourth-order valence-electron chi connectivity index (χ4n) is 2.72. The molecule has 2 aromatic carbocycles. The Morgan fingerprint density at radius 2 is 1.90 bits per heavy atom. The number of ether oxygens (including phenoxy) is 1. The van der Waals surface area contributed by atoms with Gasteiger partial charge in [-0.3, -0.25) is 9.78 Å². The van der Waals surface area contributed by atoms with Gasteiger partial charge in [-0.1, -0.05) is 43.1 Å². The number of amides is 1. The molecule has 0 saturated carbocycles. The Kier molecular flexibility index (Phi) is 6.72. The number of hydrogen-bond acceptors (Lipinski definition) is 3. The van der Waals surface area contributed by atoms with Crippen LogP contribution >= 0.6 is 23.2 Å². The molecule has 150 valence electrons. The minimum Gasteiger partial charge on any atom is -0.454 e. The van der Waals surface area contributed by atoms with E-state index >= 15 is 0 Å². The summed E-state index contributed by atoms with van der Waals surface area (Å²) in [6, 6.07) is 11.1. The van der Waals surface area contributed by atoms with E-state index in [4.69, 9.17) is 27.9 Å². The number of carbonyl (C=O) groups is 1. The molecule has 1 N–H and O–H groups in total. The smallest absolute Gasteiger partial charge is 0.228 e. The van der Waals surface area contributed by atoms with E-state index in [1.807, 2.05) is 19.9 Å². The van der Waals surface area contributed by atoms with Gasteiger partial charge < -0.3 is 10.1 Å². The molecule has 0 aliphatic heterocycles. The molecule has 29 heavy (non-hydrogen) atoms. The van der Waals surface area contributed by atoms with Crippen LogP contribution in [-0.4, -0.2) is 10.9 Å². The number of pyridine rings is 1. The Morgan fingerprint density at radius 3 is 2.52 bits per heavy atom. The van der Waals surface area contributed by atoms with Crippen molar-refractivity contribution in [2.45, 2.75) is 26.2 Å². The Hall–Kier alpha value is -2.63. The molecular weight excluding hydrogens is 414 g/mol. The number of halogens is 3. The molecule has 0 spiro atoms. The fraction of sp³-hybridized carbons (Fsp3) is 0.182. The average Bonchev–Trinajstić information content (AvgIpc) is 2.65. The number of nitrogens with zero attached hydrogens (tertiary/aromatic N) is 1. The predicted octanol–water partition coefficient (Wildman–Crippen LogP) is 6.62. The minimum atomic E-state index is -0.405. The Morgan fingerprint density at radius 1 is 1.17 bits per heavy atom. The van der Waals surface area contributed by atoms with E-state index in [9.17, 15) is 9.18 Å². The highest BCUT2D eigenvalue weighted by Gasteiger charge is 2.14. The summed E-state index contributed by atoms with van der Waals surface area (Å²) in [4.78, 5) is 16.2. The van der Waals surface area contributed by atoms with E-state index in [0.717, 1.165) is 11.1 Å². The zero-order chi connectivity index (χ0) is 21.0. The van der Waals surface area contributed by atoms with Gasteiger partial charge >= 0.3 is 0 Å². The fourth-order valence-corrected chi connectivity index (χ4v) is 3.28. The molecule has 0 fully saturated rings. The van der Waals surface area contributed by atoms with E-state index in [1.165, 1.54) is 24.3 Å². The summed E-state index contributed by atoms with van der Waals surface area (Å²) in [7, 11) is 0. The molecule has 1 heterocycles. The molecule has 4 nitrogen and oxygen atoms in total. The molecule has 0 radical (unpaired) electrons. The van der Waals surface area contributed by atoms with Gasteiger partial charge in [0.2, 0.25) is 5.91 Å². The molecule has 0 aliphatic carbocycles. The maximum Gasteiger partial charge on any atom is 0.228 e. The summed E-state index contributed by atoms with van der Waals surface area (Å²) in [5, 5.41) is 3.14. The lowest BCUT2D eigenvalue weighted by molar-refractivity contribution is -0.115. The van der Waals surface area contributed by atoms with Gasteiger partial charge in [0.25, 0.3) is 0 Å². The van der Waals surface area contributed by atoms with Crippen LogP contribution in [0.5, 0.6) is 11.5 Å². The van der Waals surface area contributed by atoms with E-state index in [0.29, 0.717) is 11.4 Å². The normalized spacial score (nSPS) is 10.8. The molecular formula is C22H19Cl2FN2O2. The third-order valence-electron chi connectivity index (χ3n) is 4.15. The summed E-state index contributed by atoms with van der Waals surface area (Å²) in [5.74, 6) is -0.00982. The molecule has 1 amide bonds. The highest BCUT2D eigenvalue weighted by atomic mass is 35.5. The zero-order valence-corrected chi connectivity index (χ0v) is 17.4. The van der Waals surface area contributed by atoms with Crippen molar-refractivity contribution < 1.29 is 13.9 Å². The first kappa shape index (κ1) is 21.1. The second-order valence-electron chi connectivity index (χ2n) is 6.83. The van der Waals surface area contributed by atoms with Gasteiger partial charge in [-0.2, -0.15) is 0 Å². The molecule has 0 saturated heterocycles. The molecule has 0 atom stereocenters. The van der Waals surface area contributed by atoms with Crippen molar-refractivity contribution >= 4 is 34.8 Å². The van der Waals surface area contributed by atoms with E-state index < -0.39 is 5.82 Å². The van der Waals surface area contributed by atoms with Crippen LogP contribution in [0.4, 0.5) is 10.1 Å². The van der Waals surface area contributed by atoms with Crippen molar-refractivity contribution in [2.24, 2.45) is 0 Å². The van der Waals surface area contributed by atoms with Crippen LogP contribution in [-0.2, 0) is 11.2 Å². The highest BCUT2D eigenvalue weighted by molar-refractivity contribution is 6.37. The van der Waals surface area contributed by atoms with Gasteiger partial charge in [-0.15, -0.1) is 0 Å². The number of hydrogen-bond donors (Lipinski definition) is 1. The number of aromatic nitrogens is 1. The molecule has 1 aromatic heterocycles. The highest BCUT2D eigenvalue weighted by Crippen LogP contribution is 2.39. The first-order chi connectivity index (χ1) is 13.8. The maximum absolute atomic E-state index is 13.9. The Balaban J connectivity index is 1.77. The van der Waals surface area contributed by atoms with Crippen LogP contribution in [0.3, 0.4) is 0 Å². The van der Waals surface area contributed by atoms with Crippen LogP contribution in [0, 0.1) is 5.82 Å². The summed E-state index contributed by atoms with van der Waals surface area (Å²) < 4.78 is 19.6. The SMILES string of the molecule is CC(C)c1cc(F)cc(Oc2c(Cl)cc(NC(=O)Cc3cccnc3)cc2Cl)c1. The minimum absolute atomic E-state index is 0.136. The number of nitrogens with one attached hydrogen (secondary N) is 1. The predicted molar refractivity (Wildman–Crippen MR) is 114 cm³/mol. The van der Waals surface area contributed by atoms with Gasteiger partial charge in [0.1, 0.15) is 11.6 Å². The molecule has 0 bridgehead atoms. The van der Waals surface area contributed by atoms with Crippen molar-refractivity contribution in [3.8, 4) is 11.5 Å². The average molecular weight is 433 g/mol. The topological polar surface area (TPSA) is 51.2 Å². The zero-order valence-electron chi connectivity index (χ0n) is 15.9. The van der Waals surface area contributed by atoms with E-state index in [1.54, 1.807) is 24.5 Å². The van der Waals surface area contributed by atoms with Crippen molar-refractivity contribution in [1.29, 1.82) is 0 Å². The monoisotopic (exact) mass is 432 g/mol. The van der Waals surface area contributed by atoms with Gasteiger partial charge in [-0.25, -0.2) is 4.39 Å². The second-order valence-corrected chi connectivity index (χ2v) is 7.65. The lowest BCUT2D eigenvalue weighted by Gasteiger charge is -2.14. The molecule has 0 unspecified atom stereocenters. The van der Waals surface area contributed by atoms with Gasteiger partial charge in [0.05, 0.1) is 16.5 Å². The third kappa shape index (κ3) is 5.68. The molecule has 3 aromatic rings. The van der Waals surface area contributed by atoms with Crippen molar-refractivity contribution in [3.63, 3.8) is 0 Å². The second kappa shape index (κ2) is 9.25. The first-order valence-electron chi connectivity index (χ1n) is 8.98. The third-order valence-corrected chi connectivity index (χ3v) is 4.71. The van der Waals surface area contributed by atoms with Crippen molar-refractivity contribution in [1.82, 2.24) is 4.98 Å². The maximum atomic E-state index is 13.9. The summed E-state index contributed by atoms with van der Waals surface area (Å²) in [6.07, 6.45) is 3.44. The van der Waals surface area contributed by atoms with Gasteiger partial charge in [-0.05, 0) is 47.4 Å². The van der Waals surface area contributed by atoms with E-state index in [2.05, 4.69) is 10.3 Å². The van der Waals surface area contributed by atoms with Crippen LogP contribution in [0.15, 0.2) is 54.9 Å². The van der Waals surface area contributed by atoms with Gasteiger partial charge in [0.15, 0.2) is 5.75 Å². The molecule has 7 heteroatoms. The lowest BCUT2D eigenvalue weighted by atomic mass is 10.0. The standard InChI is InChI=1S/C22H19Cl2FN2O2/c1-13(2)15-7-16(25)9-18(8-15)29-22-19(23)10-17(11-20(22)24)27-21(28)6-14-4-3-5-26-12-14/h3-5,7-13H,6H2,1-2H3,(H,27,28). The molecule has 0 aliphatic rings. The van der Waals surface area contributed by atoms with Crippen LogP contribution in [0.2, 0.25) is 10.0 Å². The Bertz CT molecular complexity index is 1000. The van der Waals surface area contributed by atoms with Crippen LogP contribution in [0.25, 0.3) is 0 Å². The quantitative estimate of drug-likeness (QED) is 0.475. The van der Waals surface area contributed by atoms with Gasteiger partial charge in [0, 0.05) is 24.1 Å². The van der Waals surface area contributed by atoms with E-state index in [-0.39, 0.29) is 34.0 Å². The summed E-state index contributed by atoms with van der Waals surface area (Å²) in [6.45, 7) is 3.92. The van der Waals surface area contributed by atoms with Crippen LogP contribution < -0.4 is 10.1 Å². The number of rotatable bonds is 6. The summed E-state index contributed by atoms with van der Waals surface area (Å²) >= 11 is 12.6. The molecule has 3 rings (SSSR count). The van der Waals surface area contributed by atoms with Crippen molar-refractivity contribution in [2.75, 3.05) is 5.32 Å². The first-order valence-corrected chi connectivity index (χ1v) is 9.73. The number of benzene rings is 2. The number of anilines is 1. The van der Waals surface area contributed by atoms with Crippen molar-refractivity contribution in [3.05, 3.63) is 81.8 Å². The largest absolute Gasteiger partial charge is 0.454 e.